The van der Waals surface area contributed by atoms with Gasteiger partial charge in [0.2, 0.25) is 0 Å². The van der Waals surface area contributed by atoms with Crippen LogP contribution in [0.25, 0.3) is 33.5 Å². The molecular formula is C24H15Cl2N3. The molecule has 0 aliphatic heterocycles. The number of rotatable bonds is 3. The first kappa shape index (κ1) is 19.0. The van der Waals surface area contributed by atoms with Gasteiger partial charge in [-0.05, 0) is 34.9 Å². The second-order valence-electron chi connectivity index (χ2n) is 6.50. The standard InChI is InChI=1S/C24H15Cl2N3/c25-21-11-10-18(12-22(21)26)19-13-23(29-24(28)20(19)14-27)17-8-6-16(7-9-17)15-4-2-1-3-5-15/h1-13H,(H2,28,29). The fraction of sp³-hybridized carbons (Fsp3) is 0. The lowest BCUT2D eigenvalue weighted by atomic mass is 9.97. The highest BCUT2D eigenvalue weighted by Gasteiger charge is 2.14. The zero-order valence-corrected chi connectivity index (χ0v) is 16.7. The molecule has 29 heavy (non-hydrogen) atoms. The van der Waals surface area contributed by atoms with Gasteiger partial charge < -0.3 is 5.73 Å². The number of nitrogens with zero attached hydrogens (tertiary/aromatic N) is 2. The molecule has 1 aromatic heterocycles. The van der Waals surface area contributed by atoms with Gasteiger partial charge in [-0.1, -0.05) is 83.9 Å². The molecule has 0 saturated carbocycles. The van der Waals surface area contributed by atoms with Crippen LogP contribution in [0.4, 0.5) is 5.82 Å². The highest BCUT2D eigenvalue weighted by Crippen LogP contribution is 2.34. The minimum atomic E-state index is 0.179. The molecule has 0 atom stereocenters. The summed E-state index contributed by atoms with van der Waals surface area (Å²) in [4.78, 5) is 4.44. The normalized spacial score (nSPS) is 10.5. The Bertz CT molecular complexity index is 1230. The lowest BCUT2D eigenvalue weighted by Crippen LogP contribution is -1.99. The highest BCUT2D eigenvalue weighted by molar-refractivity contribution is 6.42. The third-order valence-corrected chi connectivity index (χ3v) is 5.42. The van der Waals surface area contributed by atoms with Crippen molar-refractivity contribution in [2.24, 2.45) is 0 Å². The predicted octanol–water partition coefficient (Wildman–Crippen LogP) is 6.84. The van der Waals surface area contributed by atoms with E-state index < -0.39 is 0 Å². The number of halogens is 2. The molecule has 0 spiro atoms. The maximum absolute atomic E-state index is 9.58. The van der Waals surface area contributed by atoms with Crippen LogP contribution in [0.3, 0.4) is 0 Å². The number of benzene rings is 3. The van der Waals surface area contributed by atoms with Crippen LogP contribution >= 0.6 is 23.2 Å². The van der Waals surface area contributed by atoms with Crippen LogP contribution in [-0.2, 0) is 0 Å². The van der Waals surface area contributed by atoms with Gasteiger partial charge >= 0.3 is 0 Å². The third-order valence-electron chi connectivity index (χ3n) is 4.68. The van der Waals surface area contributed by atoms with E-state index in [-0.39, 0.29) is 5.82 Å². The number of nitriles is 1. The van der Waals surface area contributed by atoms with E-state index in [0.29, 0.717) is 26.9 Å². The molecule has 0 saturated heterocycles. The van der Waals surface area contributed by atoms with Gasteiger partial charge in [-0.3, -0.25) is 0 Å². The fourth-order valence-corrected chi connectivity index (χ4v) is 3.48. The Morgan fingerprint density at radius 2 is 1.34 bits per heavy atom. The lowest BCUT2D eigenvalue weighted by Gasteiger charge is -2.11. The van der Waals surface area contributed by atoms with Crippen molar-refractivity contribution in [3.05, 3.63) is 94.5 Å². The summed E-state index contributed by atoms with van der Waals surface area (Å²) in [6.45, 7) is 0. The van der Waals surface area contributed by atoms with E-state index in [0.717, 1.165) is 22.3 Å². The number of pyridine rings is 1. The van der Waals surface area contributed by atoms with E-state index in [1.165, 1.54) is 0 Å². The van der Waals surface area contributed by atoms with E-state index in [1.807, 2.05) is 54.6 Å². The molecule has 4 aromatic rings. The van der Waals surface area contributed by atoms with E-state index in [2.05, 4.69) is 23.2 Å². The van der Waals surface area contributed by atoms with Crippen LogP contribution in [0.15, 0.2) is 78.9 Å². The lowest BCUT2D eigenvalue weighted by molar-refractivity contribution is 1.31. The van der Waals surface area contributed by atoms with Crippen molar-refractivity contribution in [1.82, 2.24) is 4.98 Å². The average Bonchev–Trinajstić information content (AvgIpc) is 2.76. The topological polar surface area (TPSA) is 62.7 Å². The van der Waals surface area contributed by atoms with Gasteiger partial charge in [0.25, 0.3) is 0 Å². The molecule has 2 N–H and O–H groups in total. The van der Waals surface area contributed by atoms with Crippen molar-refractivity contribution < 1.29 is 0 Å². The number of nitrogen functional groups attached to an aromatic ring is 1. The van der Waals surface area contributed by atoms with Crippen molar-refractivity contribution in [2.45, 2.75) is 0 Å². The predicted molar refractivity (Wildman–Crippen MR) is 120 cm³/mol. The highest BCUT2D eigenvalue weighted by atomic mass is 35.5. The molecule has 0 aliphatic carbocycles. The van der Waals surface area contributed by atoms with Crippen LogP contribution in [0, 0.1) is 11.3 Å². The van der Waals surface area contributed by atoms with Gasteiger partial charge in [-0.15, -0.1) is 0 Å². The summed E-state index contributed by atoms with van der Waals surface area (Å²) in [5.74, 6) is 0.179. The minimum absolute atomic E-state index is 0.179. The summed E-state index contributed by atoms with van der Waals surface area (Å²) in [6, 6.07) is 27.4. The molecule has 0 unspecified atom stereocenters. The molecule has 0 amide bonds. The summed E-state index contributed by atoms with van der Waals surface area (Å²) in [6.07, 6.45) is 0. The first-order chi connectivity index (χ1) is 14.1. The van der Waals surface area contributed by atoms with Crippen LogP contribution in [0.1, 0.15) is 5.56 Å². The molecular weight excluding hydrogens is 401 g/mol. The molecule has 0 aliphatic rings. The van der Waals surface area contributed by atoms with E-state index in [1.54, 1.807) is 12.1 Å². The Kier molecular flexibility index (Phi) is 5.22. The van der Waals surface area contributed by atoms with Crippen LogP contribution in [0.2, 0.25) is 10.0 Å². The Morgan fingerprint density at radius 1 is 0.724 bits per heavy atom. The number of hydrogen-bond acceptors (Lipinski definition) is 3. The number of anilines is 1. The van der Waals surface area contributed by atoms with Gasteiger partial charge in [0, 0.05) is 11.1 Å². The maximum Gasteiger partial charge on any atom is 0.142 e. The molecule has 0 bridgehead atoms. The van der Waals surface area contributed by atoms with Crippen molar-refractivity contribution in [2.75, 3.05) is 5.73 Å². The third kappa shape index (κ3) is 3.82. The van der Waals surface area contributed by atoms with Crippen molar-refractivity contribution >= 4 is 29.0 Å². The van der Waals surface area contributed by atoms with E-state index in [9.17, 15) is 5.26 Å². The van der Waals surface area contributed by atoms with E-state index >= 15 is 0 Å². The molecule has 3 nitrogen and oxygen atoms in total. The molecule has 5 heteroatoms. The SMILES string of the molecule is N#Cc1c(-c2ccc(Cl)c(Cl)c2)cc(-c2ccc(-c3ccccc3)cc2)nc1N. The Balaban J connectivity index is 1.80. The zero-order valence-electron chi connectivity index (χ0n) is 15.2. The van der Waals surface area contributed by atoms with Crippen molar-refractivity contribution in [3.8, 4) is 39.6 Å². The van der Waals surface area contributed by atoms with Gasteiger partial charge in [-0.2, -0.15) is 5.26 Å². The zero-order chi connectivity index (χ0) is 20.4. The average molecular weight is 416 g/mol. The van der Waals surface area contributed by atoms with Crippen molar-refractivity contribution in [3.63, 3.8) is 0 Å². The number of aromatic nitrogens is 1. The summed E-state index contributed by atoms with van der Waals surface area (Å²) in [5.41, 5.74) is 11.7. The second-order valence-corrected chi connectivity index (χ2v) is 7.31. The summed E-state index contributed by atoms with van der Waals surface area (Å²) >= 11 is 12.2. The van der Waals surface area contributed by atoms with Gasteiger partial charge in [0.15, 0.2) is 0 Å². The number of nitrogens with two attached hydrogens (primary N) is 1. The Labute approximate surface area is 179 Å². The first-order valence-corrected chi connectivity index (χ1v) is 9.64. The Hall–Kier alpha value is -3.32. The summed E-state index contributed by atoms with van der Waals surface area (Å²) < 4.78 is 0. The smallest absolute Gasteiger partial charge is 0.142 e. The minimum Gasteiger partial charge on any atom is -0.383 e. The molecule has 0 radical (unpaired) electrons. The quantitative estimate of drug-likeness (QED) is 0.398. The van der Waals surface area contributed by atoms with E-state index in [4.69, 9.17) is 28.9 Å². The fourth-order valence-electron chi connectivity index (χ4n) is 3.19. The first-order valence-electron chi connectivity index (χ1n) is 8.88. The molecule has 0 fully saturated rings. The summed E-state index contributed by atoms with van der Waals surface area (Å²) in [5, 5.41) is 10.4. The molecule has 3 aromatic carbocycles. The van der Waals surface area contributed by atoms with Gasteiger partial charge in [-0.25, -0.2) is 4.98 Å². The Morgan fingerprint density at radius 3 is 2.00 bits per heavy atom. The monoisotopic (exact) mass is 415 g/mol. The largest absolute Gasteiger partial charge is 0.383 e. The molecule has 4 rings (SSSR count). The van der Waals surface area contributed by atoms with Gasteiger partial charge in [0.1, 0.15) is 17.5 Å². The summed E-state index contributed by atoms with van der Waals surface area (Å²) in [7, 11) is 0. The second kappa shape index (κ2) is 7.97. The van der Waals surface area contributed by atoms with Crippen LogP contribution in [0.5, 0.6) is 0 Å². The molecule has 1 heterocycles. The maximum atomic E-state index is 9.58. The number of hydrogen-bond donors (Lipinski definition) is 1. The van der Waals surface area contributed by atoms with Crippen molar-refractivity contribution in [1.29, 1.82) is 5.26 Å². The molecule has 140 valence electrons. The van der Waals surface area contributed by atoms with Crippen LogP contribution < -0.4 is 5.73 Å². The van der Waals surface area contributed by atoms with Gasteiger partial charge in [0.05, 0.1) is 15.7 Å². The van der Waals surface area contributed by atoms with Crippen LogP contribution in [-0.4, -0.2) is 4.98 Å².